The molecule has 1 aliphatic heterocycles. The minimum absolute atomic E-state index is 0.0295. The maximum atomic E-state index is 11.3. The Kier molecular flexibility index (Phi) is 3.21. The van der Waals surface area contributed by atoms with Gasteiger partial charge in [-0.05, 0) is 19.3 Å². The van der Waals surface area contributed by atoms with Gasteiger partial charge in [-0.1, -0.05) is 22.9 Å². The van der Waals surface area contributed by atoms with E-state index in [9.17, 15) is 4.79 Å². The molecule has 0 radical (unpaired) electrons. The van der Waals surface area contributed by atoms with Crippen LogP contribution in [0.4, 0.5) is 5.00 Å². The van der Waals surface area contributed by atoms with Crippen molar-refractivity contribution in [2.24, 2.45) is 0 Å². The molecule has 0 aromatic carbocycles. The summed E-state index contributed by atoms with van der Waals surface area (Å²) in [5.74, 6) is 0. The van der Waals surface area contributed by atoms with Crippen molar-refractivity contribution in [2.45, 2.75) is 19.3 Å². The van der Waals surface area contributed by atoms with Crippen molar-refractivity contribution >= 4 is 27.9 Å². The number of piperidine rings is 1. The van der Waals surface area contributed by atoms with Crippen LogP contribution in [-0.2, 0) is 0 Å². The summed E-state index contributed by atoms with van der Waals surface area (Å²) in [4.78, 5) is 12.7. The highest BCUT2D eigenvalue weighted by Crippen LogP contribution is 2.18. The molecule has 1 aromatic heterocycles. The number of rotatable bonds is 1. The monoisotopic (exact) mass is 230 g/mol. The molecule has 0 spiro atoms. The highest BCUT2D eigenvalue weighted by atomic mass is 35.5. The van der Waals surface area contributed by atoms with E-state index in [0.717, 1.165) is 18.1 Å². The van der Waals surface area contributed by atoms with Crippen molar-refractivity contribution in [1.29, 1.82) is 0 Å². The molecule has 2 rings (SSSR count). The van der Waals surface area contributed by atoms with E-state index in [-0.39, 0.29) is 5.43 Å². The van der Waals surface area contributed by atoms with E-state index in [1.807, 2.05) is 0 Å². The minimum atomic E-state index is 0.0295. The van der Waals surface area contributed by atoms with Crippen molar-refractivity contribution in [3.63, 3.8) is 0 Å². The zero-order valence-electron chi connectivity index (χ0n) is 7.88. The van der Waals surface area contributed by atoms with Crippen molar-refractivity contribution in [3.05, 3.63) is 26.7 Å². The van der Waals surface area contributed by atoms with Crippen LogP contribution in [0.25, 0.3) is 0 Å². The molecule has 0 bridgehead atoms. The predicted octanol–water partition coefficient (Wildman–Crippen LogP) is 1.46. The molecule has 1 fully saturated rings. The second kappa shape index (κ2) is 4.43. The smallest absolute Gasteiger partial charge is 0.191 e. The van der Waals surface area contributed by atoms with Crippen molar-refractivity contribution < 1.29 is 4.90 Å². The average Bonchev–Trinajstić information content (AvgIpc) is 2.18. The fourth-order valence-corrected chi connectivity index (χ4v) is 3.11. The Morgan fingerprint density at radius 2 is 1.93 bits per heavy atom. The van der Waals surface area contributed by atoms with Crippen molar-refractivity contribution in [2.75, 3.05) is 13.1 Å². The third kappa shape index (κ3) is 2.35. The molecular weight excluding hydrogens is 218 g/mol. The summed E-state index contributed by atoms with van der Waals surface area (Å²) in [6.07, 6.45) is 3.82. The van der Waals surface area contributed by atoms with Gasteiger partial charge in [-0.25, -0.2) is 0 Å². The molecule has 4 heteroatoms. The number of hydrogen-bond acceptors (Lipinski definition) is 2. The highest BCUT2D eigenvalue weighted by molar-refractivity contribution is 7.18. The van der Waals surface area contributed by atoms with Crippen LogP contribution in [0.15, 0.2) is 16.9 Å². The van der Waals surface area contributed by atoms with Gasteiger partial charge in [0.25, 0.3) is 0 Å². The lowest BCUT2D eigenvalue weighted by atomic mass is 10.1. The van der Waals surface area contributed by atoms with Crippen LogP contribution in [0.2, 0.25) is 4.34 Å². The van der Waals surface area contributed by atoms with Crippen LogP contribution in [0, 0.1) is 0 Å². The molecule has 76 valence electrons. The summed E-state index contributed by atoms with van der Waals surface area (Å²) in [6, 6.07) is 3.20. The third-order valence-corrected chi connectivity index (χ3v) is 3.82. The van der Waals surface area contributed by atoms with Crippen LogP contribution in [0.3, 0.4) is 0 Å². The lowest BCUT2D eigenvalue weighted by molar-refractivity contribution is -0.835. The fraction of sp³-hybridized carbons (Fsp3) is 0.500. The Balaban J connectivity index is 2.26. The molecule has 2 heterocycles. The molecule has 1 N–H and O–H groups in total. The molecule has 0 unspecified atom stereocenters. The molecule has 14 heavy (non-hydrogen) atoms. The maximum absolute atomic E-state index is 11.3. The van der Waals surface area contributed by atoms with E-state index in [4.69, 9.17) is 11.6 Å². The Labute approximate surface area is 92.1 Å². The third-order valence-electron chi connectivity index (χ3n) is 2.54. The van der Waals surface area contributed by atoms with E-state index >= 15 is 0 Å². The van der Waals surface area contributed by atoms with Crippen molar-refractivity contribution in [3.8, 4) is 0 Å². The van der Waals surface area contributed by atoms with Gasteiger partial charge in [-0.2, -0.15) is 0 Å². The Bertz CT molecular complexity index is 371. The molecule has 1 aromatic rings. The largest absolute Gasteiger partial charge is 0.293 e. The summed E-state index contributed by atoms with van der Waals surface area (Å²) in [6.45, 7) is 2.27. The van der Waals surface area contributed by atoms with Gasteiger partial charge < -0.3 is 0 Å². The summed E-state index contributed by atoms with van der Waals surface area (Å²) in [5.41, 5.74) is 0.0295. The molecule has 0 aliphatic carbocycles. The van der Waals surface area contributed by atoms with Crippen LogP contribution in [0.1, 0.15) is 19.3 Å². The normalized spacial score (nSPS) is 18.4. The van der Waals surface area contributed by atoms with E-state index in [2.05, 4.69) is 0 Å². The minimum Gasteiger partial charge on any atom is -0.293 e. The zero-order chi connectivity index (χ0) is 9.97. The van der Waals surface area contributed by atoms with Gasteiger partial charge in [0.2, 0.25) is 0 Å². The van der Waals surface area contributed by atoms with Gasteiger partial charge in [0.05, 0.1) is 19.2 Å². The summed E-state index contributed by atoms with van der Waals surface area (Å²) in [5, 5.41) is 1.10. The fourth-order valence-electron chi connectivity index (χ4n) is 1.85. The van der Waals surface area contributed by atoms with E-state index in [0.29, 0.717) is 4.34 Å². The number of halogens is 1. The molecule has 1 aliphatic rings. The van der Waals surface area contributed by atoms with Gasteiger partial charge in [-0.15, -0.1) is 0 Å². The van der Waals surface area contributed by atoms with Gasteiger partial charge in [0.1, 0.15) is 4.34 Å². The van der Waals surface area contributed by atoms with Gasteiger partial charge >= 0.3 is 0 Å². The quantitative estimate of drug-likeness (QED) is 0.775. The first-order chi connectivity index (χ1) is 6.75. The van der Waals surface area contributed by atoms with Gasteiger partial charge in [0, 0.05) is 6.07 Å². The first kappa shape index (κ1) is 10.1. The summed E-state index contributed by atoms with van der Waals surface area (Å²) >= 11 is 7.40. The first-order valence-corrected chi connectivity index (χ1v) is 6.11. The van der Waals surface area contributed by atoms with E-state index in [1.165, 1.54) is 41.6 Å². The molecule has 0 amide bonds. The lowest BCUT2D eigenvalue weighted by Crippen LogP contribution is -3.07. The zero-order valence-corrected chi connectivity index (χ0v) is 9.46. The van der Waals surface area contributed by atoms with Crippen molar-refractivity contribution in [1.82, 2.24) is 0 Å². The van der Waals surface area contributed by atoms with Crippen LogP contribution < -0.4 is 10.3 Å². The summed E-state index contributed by atoms with van der Waals surface area (Å²) < 4.78 is 0.602. The molecule has 2 nitrogen and oxygen atoms in total. The average molecular weight is 231 g/mol. The van der Waals surface area contributed by atoms with Crippen LogP contribution in [-0.4, -0.2) is 13.1 Å². The second-order valence-corrected chi connectivity index (χ2v) is 5.34. The van der Waals surface area contributed by atoms with E-state index < -0.39 is 0 Å². The number of nitrogens with one attached hydrogen (secondary N) is 1. The maximum Gasteiger partial charge on any atom is 0.191 e. The van der Waals surface area contributed by atoms with Gasteiger partial charge in [-0.3, -0.25) is 9.69 Å². The molecular formula is C10H13ClNOS+. The Morgan fingerprint density at radius 3 is 2.57 bits per heavy atom. The molecule has 0 atom stereocenters. The predicted molar refractivity (Wildman–Crippen MR) is 59.8 cm³/mol. The van der Waals surface area contributed by atoms with E-state index in [1.54, 1.807) is 6.07 Å². The Morgan fingerprint density at radius 1 is 1.21 bits per heavy atom. The standard InChI is InChI=1S/C10H12ClNOS/c11-9-6-8(13)7-10(14-9)12-4-2-1-3-5-12/h6-7H,1-5H2/p+1. The molecule has 1 saturated heterocycles. The number of hydrogen-bond donors (Lipinski definition) is 1. The van der Waals surface area contributed by atoms with Crippen LogP contribution in [0.5, 0.6) is 0 Å². The second-order valence-electron chi connectivity index (χ2n) is 3.63. The lowest BCUT2D eigenvalue weighted by Gasteiger charge is -2.21. The van der Waals surface area contributed by atoms with Gasteiger partial charge in [0.15, 0.2) is 10.4 Å². The first-order valence-electron chi connectivity index (χ1n) is 4.91. The summed E-state index contributed by atoms with van der Waals surface area (Å²) in [7, 11) is 0. The number of quaternary nitrogens is 1. The molecule has 0 saturated carbocycles. The Hall–Kier alpha value is -0.380. The highest BCUT2D eigenvalue weighted by Gasteiger charge is 2.17. The van der Waals surface area contributed by atoms with Crippen LogP contribution >= 0.6 is 22.9 Å². The topological polar surface area (TPSA) is 21.5 Å². The SMILES string of the molecule is O=c1cc(Cl)sc([NH+]2CCCCC2)c1.